The third-order valence-corrected chi connectivity index (χ3v) is 4.73. The van der Waals surface area contributed by atoms with E-state index < -0.39 is 0 Å². The van der Waals surface area contributed by atoms with Gasteiger partial charge in [0.15, 0.2) is 23.0 Å². The lowest BCUT2D eigenvalue weighted by atomic mass is 10.1. The zero-order valence-electron chi connectivity index (χ0n) is 20.3. The summed E-state index contributed by atoms with van der Waals surface area (Å²) in [7, 11) is 6.25. The molecule has 8 heteroatoms. The van der Waals surface area contributed by atoms with Crippen LogP contribution in [0.15, 0.2) is 48.6 Å². The van der Waals surface area contributed by atoms with Crippen LogP contribution in [0.5, 0.6) is 28.7 Å². The summed E-state index contributed by atoms with van der Waals surface area (Å²) in [6.45, 7) is 8.81. The van der Waals surface area contributed by atoms with Crippen molar-refractivity contribution in [3.63, 3.8) is 0 Å². The van der Waals surface area contributed by atoms with E-state index in [1.54, 1.807) is 24.1 Å². The molecule has 0 bridgehead atoms. The van der Waals surface area contributed by atoms with Crippen LogP contribution in [0.2, 0.25) is 0 Å². The fraction of sp³-hybridized carbons (Fsp3) is 0.400. The summed E-state index contributed by atoms with van der Waals surface area (Å²) in [5.74, 6) is 3.64. The second kappa shape index (κ2) is 14.9. The normalized spacial score (nSPS) is 11.8. The molecule has 1 aliphatic rings. The molecule has 0 saturated carbocycles. The van der Waals surface area contributed by atoms with E-state index in [1.165, 1.54) is 21.3 Å². The number of rotatable bonds is 9. The lowest BCUT2D eigenvalue weighted by Gasteiger charge is -2.33. The largest absolute Gasteiger partial charge is 0.493 e. The van der Waals surface area contributed by atoms with Crippen LogP contribution in [-0.2, 0) is 4.79 Å². The second-order valence-corrected chi connectivity index (χ2v) is 6.80. The summed E-state index contributed by atoms with van der Waals surface area (Å²) in [6, 6.07) is 11.1. The zero-order chi connectivity index (χ0) is 24.8. The minimum absolute atomic E-state index is 0.0794. The Labute approximate surface area is 201 Å². The highest BCUT2D eigenvalue weighted by Crippen LogP contribution is 2.42. The van der Waals surface area contributed by atoms with Crippen molar-refractivity contribution in [1.29, 1.82) is 0 Å². The van der Waals surface area contributed by atoms with Crippen molar-refractivity contribution in [1.82, 2.24) is 0 Å². The summed E-state index contributed by atoms with van der Waals surface area (Å²) < 4.78 is 26.3. The van der Waals surface area contributed by atoms with Gasteiger partial charge in [-0.15, -0.1) is 11.6 Å². The lowest BCUT2D eigenvalue weighted by molar-refractivity contribution is -0.117. The highest BCUT2D eigenvalue weighted by Gasteiger charge is 2.31. The second-order valence-electron chi connectivity index (χ2n) is 6.42. The first kappa shape index (κ1) is 28.0. The van der Waals surface area contributed by atoms with E-state index in [1.807, 2.05) is 38.1 Å². The Kier molecular flexibility index (Phi) is 12.6. The van der Waals surface area contributed by atoms with Crippen LogP contribution in [0, 0.1) is 0 Å². The number of carbonyl (C=O) groups is 1. The molecule has 182 valence electrons. The third kappa shape index (κ3) is 7.49. The van der Waals surface area contributed by atoms with E-state index in [2.05, 4.69) is 6.58 Å². The first-order valence-corrected chi connectivity index (χ1v) is 11.2. The van der Waals surface area contributed by atoms with Crippen LogP contribution in [0.3, 0.4) is 0 Å². The Morgan fingerprint density at radius 3 is 1.88 bits per heavy atom. The lowest BCUT2D eigenvalue weighted by Crippen LogP contribution is -2.45. The summed E-state index contributed by atoms with van der Waals surface area (Å²) in [5.41, 5.74) is 1.31. The van der Waals surface area contributed by atoms with Crippen molar-refractivity contribution in [3.05, 3.63) is 48.6 Å². The number of hydrogen-bond acceptors (Lipinski definition) is 6. The molecular formula is C25H34ClNO6. The Morgan fingerprint density at radius 1 is 0.909 bits per heavy atom. The molecule has 3 rings (SSSR count). The van der Waals surface area contributed by atoms with E-state index in [9.17, 15) is 4.79 Å². The van der Waals surface area contributed by atoms with Crippen molar-refractivity contribution >= 4 is 23.2 Å². The molecule has 0 aromatic heterocycles. The van der Waals surface area contributed by atoms with Crippen molar-refractivity contribution in [2.75, 3.05) is 52.4 Å². The Bertz CT molecular complexity index is 877. The van der Waals surface area contributed by atoms with Gasteiger partial charge >= 0.3 is 0 Å². The molecule has 1 heterocycles. The topological polar surface area (TPSA) is 66.5 Å². The molecule has 1 aliphatic heterocycles. The summed E-state index contributed by atoms with van der Waals surface area (Å²) in [6.07, 6.45) is 0.847. The number of halogens is 1. The molecule has 33 heavy (non-hydrogen) atoms. The van der Waals surface area contributed by atoms with Gasteiger partial charge < -0.3 is 28.6 Å². The Morgan fingerprint density at radius 2 is 1.45 bits per heavy atom. The van der Waals surface area contributed by atoms with Crippen LogP contribution in [-0.4, -0.2) is 53.4 Å². The van der Waals surface area contributed by atoms with Gasteiger partial charge in [-0.1, -0.05) is 32.6 Å². The number of amides is 1. The average molecular weight is 480 g/mol. The van der Waals surface area contributed by atoms with Gasteiger partial charge in [-0.3, -0.25) is 4.79 Å². The number of ether oxygens (including phenoxy) is 5. The van der Waals surface area contributed by atoms with Crippen molar-refractivity contribution in [3.8, 4) is 28.7 Å². The van der Waals surface area contributed by atoms with Gasteiger partial charge in [-0.2, -0.15) is 0 Å². The van der Waals surface area contributed by atoms with Gasteiger partial charge in [0.2, 0.25) is 5.75 Å². The van der Waals surface area contributed by atoms with E-state index >= 15 is 0 Å². The minimum atomic E-state index is -0.0794. The SMILES string of the molecule is C=C1CN(c2cc(OC)c(OC)c(OC)c2)C1=O.CC.COc1ccccc1OCCCCl. The van der Waals surface area contributed by atoms with Crippen LogP contribution in [0.4, 0.5) is 5.69 Å². The van der Waals surface area contributed by atoms with Crippen LogP contribution < -0.4 is 28.6 Å². The molecule has 0 spiro atoms. The van der Waals surface area contributed by atoms with Gasteiger partial charge in [0.1, 0.15) is 0 Å². The summed E-state index contributed by atoms with van der Waals surface area (Å²) in [4.78, 5) is 13.2. The third-order valence-electron chi connectivity index (χ3n) is 4.46. The van der Waals surface area contributed by atoms with Gasteiger partial charge in [0.25, 0.3) is 5.91 Å². The average Bonchev–Trinajstić information content (AvgIpc) is 2.88. The fourth-order valence-electron chi connectivity index (χ4n) is 2.84. The number of hydrogen-bond donors (Lipinski definition) is 0. The molecule has 1 amide bonds. The number of nitrogens with zero attached hydrogens (tertiary/aromatic N) is 1. The molecule has 0 atom stereocenters. The maximum atomic E-state index is 11.6. The summed E-state index contributed by atoms with van der Waals surface area (Å²) >= 11 is 5.53. The smallest absolute Gasteiger partial charge is 0.255 e. The van der Waals surface area contributed by atoms with Crippen LogP contribution >= 0.6 is 11.6 Å². The van der Waals surface area contributed by atoms with Gasteiger partial charge in [-0.05, 0) is 18.6 Å². The summed E-state index contributed by atoms with van der Waals surface area (Å²) in [5, 5.41) is 0. The fourth-order valence-corrected chi connectivity index (χ4v) is 2.95. The standard InChI is InChI=1S/C13H15NO4.C10H13ClO2.C2H6/c1-8-7-14(13(8)15)9-5-10(16-2)12(18-4)11(6-9)17-3;1-12-9-5-2-3-6-10(9)13-8-4-7-11;1-2/h5-6H,1,7H2,2-4H3;2-3,5-6H,4,7-8H2,1H3;1-2H3. The van der Waals surface area contributed by atoms with E-state index in [0.717, 1.165) is 17.9 Å². The number of anilines is 1. The number of alkyl halides is 1. The molecule has 0 aliphatic carbocycles. The van der Waals surface area contributed by atoms with Gasteiger partial charge in [-0.25, -0.2) is 0 Å². The first-order chi connectivity index (χ1) is 16.0. The van der Waals surface area contributed by atoms with E-state index in [0.29, 0.717) is 47.5 Å². The quantitative estimate of drug-likeness (QED) is 0.209. The Hall–Kier alpha value is -3.06. The molecule has 1 fully saturated rings. The number of para-hydroxylation sites is 2. The molecule has 1 saturated heterocycles. The van der Waals surface area contributed by atoms with Crippen LogP contribution in [0.1, 0.15) is 20.3 Å². The highest BCUT2D eigenvalue weighted by molar-refractivity contribution is 6.17. The zero-order valence-corrected chi connectivity index (χ0v) is 21.0. The number of methoxy groups -OCH3 is 4. The molecular weight excluding hydrogens is 446 g/mol. The minimum Gasteiger partial charge on any atom is -0.493 e. The predicted molar refractivity (Wildman–Crippen MR) is 133 cm³/mol. The molecule has 2 aromatic carbocycles. The maximum Gasteiger partial charge on any atom is 0.255 e. The monoisotopic (exact) mass is 479 g/mol. The number of benzene rings is 2. The Balaban J connectivity index is 0.000000322. The van der Waals surface area contributed by atoms with Gasteiger partial charge in [0.05, 0.1) is 47.3 Å². The number of carbonyl (C=O) groups excluding carboxylic acids is 1. The molecule has 0 unspecified atom stereocenters. The molecule has 7 nitrogen and oxygen atoms in total. The van der Waals surface area contributed by atoms with Crippen molar-refractivity contribution < 1.29 is 28.5 Å². The van der Waals surface area contributed by atoms with Gasteiger partial charge in [0, 0.05) is 23.6 Å². The highest BCUT2D eigenvalue weighted by atomic mass is 35.5. The molecule has 2 aromatic rings. The molecule has 0 radical (unpaired) electrons. The van der Waals surface area contributed by atoms with E-state index in [-0.39, 0.29) is 5.91 Å². The van der Waals surface area contributed by atoms with Crippen molar-refractivity contribution in [2.45, 2.75) is 20.3 Å². The predicted octanol–water partition coefficient (Wildman–Crippen LogP) is 5.34. The van der Waals surface area contributed by atoms with E-state index in [4.69, 9.17) is 35.3 Å². The molecule has 0 N–H and O–H groups in total. The maximum absolute atomic E-state index is 11.6. The number of β-lactam (4-membered cyclic amide) rings is 1. The first-order valence-electron chi connectivity index (χ1n) is 10.6. The van der Waals surface area contributed by atoms with Crippen LogP contribution in [0.25, 0.3) is 0 Å². The van der Waals surface area contributed by atoms with Crippen molar-refractivity contribution in [2.24, 2.45) is 0 Å².